The molecule has 80 valence electrons. The zero-order chi connectivity index (χ0) is 11.1. The number of benzene rings is 1. The minimum atomic E-state index is -1.35. The van der Waals surface area contributed by atoms with E-state index in [-0.39, 0.29) is 25.5 Å². The van der Waals surface area contributed by atoms with E-state index < -0.39 is 18.6 Å². The van der Waals surface area contributed by atoms with Gasteiger partial charge in [-0.25, -0.2) is 4.79 Å². The number of carboxylic acid groups (broad SMARTS) is 1. The van der Waals surface area contributed by atoms with Crippen molar-refractivity contribution >= 4 is 12.1 Å². The van der Waals surface area contributed by atoms with E-state index >= 15 is 0 Å². The standard InChI is InChI=1S/C10H11NO4.Li/c12-9(13)6-11-10(14)15-7-8-4-2-1-3-5-8;/h1-5H,6-7H2,(H,11,14)(H,12,13);/q;+1/p-1. The second-order valence-corrected chi connectivity index (χ2v) is 2.79. The van der Waals surface area contributed by atoms with Crippen molar-refractivity contribution < 1.29 is 38.3 Å². The fraction of sp³-hybridized carbons (Fsp3) is 0.200. The van der Waals surface area contributed by atoms with Crippen LogP contribution in [0.4, 0.5) is 4.79 Å². The van der Waals surface area contributed by atoms with Crippen LogP contribution in [0.1, 0.15) is 5.56 Å². The molecule has 0 spiro atoms. The van der Waals surface area contributed by atoms with Gasteiger partial charge < -0.3 is 20.0 Å². The van der Waals surface area contributed by atoms with Crippen LogP contribution in [0.15, 0.2) is 30.3 Å². The molecule has 1 amide bonds. The van der Waals surface area contributed by atoms with Gasteiger partial charge in [0.15, 0.2) is 0 Å². The van der Waals surface area contributed by atoms with Gasteiger partial charge in [0.2, 0.25) is 0 Å². The van der Waals surface area contributed by atoms with Crippen LogP contribution in [-0.2, 0) is 16.1 Å². The summed E-state index contributed by atoms with van der Waals surface area (Å²) in [7, 11) is 0. The third-order valence-corrected chi connectivity index (χ3v) is 1.59. The number of rotatable bonds is 4. The van der Waals surface area contributed by atoms with Crippen LogP contribution in [-0.4, -0.2) is 18.6 Å². The number of carboxylic acids is 1. The molecule has 0 fully saturated rings. The maximum atomic E-state index is 10.9. The van der Waals surface area contributed by atoms with E-state index in [9.17, 15) is 14.7 Å². The van der Waals surface area contributed by atoms with Gasteiger partial charge in [0, 0.05) is 0 Å². The molecule has 16 heavy (non-hydrogen) atoms. The molecule has 0 unspecified atom stereocenters. The Hall–Kier alpha value is -1.44. The molecule has 1 aromatic rings. The number of alkyl carbamates (subject to hydrolysis) is 1. The predicted molar refractivity (Wildman–Crippen MR) is 49.6 cm³/mol. The summed E-state index contributed by atoms with van der Waals surface area (Å²) in [6.07, 6.45) is -0.775. The predicted octanol–water partition coefficient (Wildman–Crippen LogP) is -3.33. The molecule has 0 atom stereocenters. The second kappa shape index (κ2) is 7.80. The van der Waals surface area contributed by atoms with E-state index in [0.717, 1.165) is 5.56 Å². The Morgan fingerprint density at radius 3 is 2.44 bits per heavy atom. The SMILES string of the molecule is O=C([O-])CNC(=O)OCc1ccccc1.[Li+]. The van der Waals surface area contributed by atoms with Crippen LogP contribution < -0.4 is 29.3 Å². The van der Waals surface area contributed by atoms with Crippen molar-refractivity contribution in [3.63, 3.8) is 0 Å². The van der Waals surface area contributed by atoms with Gasteiger partial charge in [-0.05, 0) is 5.56 Å². The van der Waals surface area contributed by atoms with Crippen molar-refractivity contribution in [2.24, 2.45) is 0 Å². The van der Waals surface area contributed by atoms with E-state index in [2.05, 4.69) is 0 Å². The number of hydrogen-bond acceptors (Lipinski definition) is 4. The Kier molecular flexibility index (Phi) is 7.10. The van der Waals surface area contributed by atoms with Gasteiger partial charge in [0.25, 0.3) is 0 Å². The van der Waals surface area contributed by atoms with Gasteiger partial charge in [-0.2, -0.15) is 0 Å². The van der Waals surface area contributed by atoms with Crippen molar-refractivity contribution in [1.29, 1.82) is 0 Å². The van der Waals surface area contributed by atoms with E-state index in [0.29, 0.717) is 0 Å². The van der Waals surface area contributed by atoms with Gasteiger partial charge in [-0.1, -0.05) is 30.3 Å². The Balaban J connectivity index is 0.00000225. The number of hydrogen-bond donors (Lipinski definition) is 1. The van der Waals surface area contributed by atoms with Gasteiger partial charge in [-0.15, -0.1) is 0 Å². The van der Waals surface area contributed by atoms with Gasteiger partial charge in [0.1, 0.15) is 6.61 Å². The number of ether oxygens (including phenoxy) is 1. The Morgan fingerprint density at radius 1 is 1.25 bits per heavy atom. The van der Waals surface area contributed by atoms with E-state index in [1.54, 1.807) is 12.1 Å². The molecule has 0 aromatic heterocycles. The summed E-state index contributed by atoms with van der Waals surface area (Å²) in [5, 5.41) is 12.0. The number of carbonyl (C=O) groups is 2. The molecular weight excluding hydrogens is 205 g/mol. The molecule has 0 saturated carbocycles. The molecular formula is C10H10LiNO4. The quantitative estimate of drug-likeness (QED) is 0.533. The monoisotopic (exact) mass is 215 g/mol. The molecule has 0 radical (unpaired) electrons. The molecule has 0 bridgehead atoms. The number of aliphatic carboxylic acids is 1. The van der Waals surface area contributed by atoms with E-state index in [1.165, 1.54) is 0 Å². The van der Waals surface area contributed by atoms with Crippen molar-refractivity contribution in [3.05, 3.63) is 35.9 Å². The molecule has 0 aliphatic carbocycles. The van der Waals surface area contributed by atoms with Crippen molar-refractivity contribution in [3.8, 4) is 0 Å². The zero-order valence-corrected chi connectivity index (χ0v) is 8.93. The van der Waals surface area contributed by atoms with Gasteiger partial charge in [0.05, 0.1) is 12.5 Å². The average Bonchev–Trinajstić information content (AvgIpc) is 2.25. The Morgan fingerprint density at radius 2 is 1.88 bits per heavy atom. The molecule has 0 aliphatic heterocycles. The Bertz CT molecular complexity index is 342. The molecule has 5 nitrogen and oxygen atoms in total. The number of nitrogens with one attached hydrogen (secondary N) is 1. The van der Waals surface area contributed by atoms with Crippen LogP contribution in [0.5, 0.6) is 0 Å². The maximum Gasteiger partial charge on any atom is 1.00 e. The molecule has 6 heteroatoms. The molecule has 0 heterocycles. The minimum absolute atomic E-state index is 0. The first kappa shape index (κ1) is 14.6. The topological polar surface area (TPSA) is 78.5 Å². The third kappa shape index (κ3) is 6.12. The summed E-state index contributed by atoms with van der Waals surface area (Å²) in [4.78, 5) is 20.9. The second-order valence-electron chi connectivity index (χ2n) is 2.79. The smallest absolute Gasteiger partial charge is 0.548 e. The van der Waals surface area contributed by atoms with Crippen LogP contribution in [0.2, 0.25) is 0 Å². The normalized spacial score (nSPS) is 8.75. The molecule has 1 aromatic carbocycles. The first-order valence-corrected chi connectivity index (χ1v) is 4.33. The molecule has 1 rings (SSSR count). The summed E-state index contributed by atoms with van der Waals surface area (Å²) in [6, 6.07) is 9.08. The molecule has 1 N–H and O–H groups in total. The third-order valence-electron chi connectivity index (χ3n) is 1.59. The first-order chi connectivity index (χ1) is 7.18. The summed E-state index contributed by atoms with van der Waals surface area (Å²) in [6.45, 7) is -0.437. The summed E-state index contributed by atoms with van der Waals surface area (Å²) in [5.41, 5.74) is 0.834. The fourth-order valence-corrected chi connectivity index (χ4v) is 0.918. The molecule has 0 aliphatic rings. The maximum absolute atomic E-state index is 10.9. The zero-order valence-electron chi connectivity index (χ0n) is 8.93. The van der Waals surface area contributed by atoms with Crippen LogP contribution in [0, 0.1) is 0 Å². The van der Waals surface area contributed by atoms with Crippen molar-refractivity contribution in [2.75, 3.05) is 6.54 Å². The van der Waals surface area contributed by atoms with E-state index in [1.807, 2.05) is 23.5 Å². The van der Waals surface area contributed by atoms with E-state index in [4.69, 9.17) is 4.74 Å². The summed E-state index contributed by atoms with van der Waals surface area (Å²) >= 11 is 0. The van der Waals surface area contributed by atoms with Crippen molar-refractivity contribution in [1.82, 2.24) is 5.32 Å². The Labute approximate surface area is 105 Å². The minimum Gasteiger partial charge on any atom is -0.548 e. The van der Waals surface area contributed by atoms with Gasteiger partial charge >= 0.3 is 25.0 Å². The molecule has 0 saturated heterocycles. The average molecular weight is 215 g/mol. The largest absolute Gasteiger partial charge is 1.00 e. The fourth-order valence-electron chi connectivity index (χ4n) is 0.918. The number of carbonyl (C=O) groups excluding carboxylic acids is 2. The van der Waals surface area contributed by atoms with Crippen LogP contribution in [0.25, 0.3) is 0 Å². The van der Waals surface area contributed by atoms with Crippen LogP contribution >= 0.6 is 0 Å². The summed E-state index contributed by atoms with van der Waals surface area (Å²) in [5.74, 6) is -1.35. The van der Waals surface area contributed by atoms with Crippen LogP contribution in [0.3, 0.4) is 0 Å². The first-order valence-electron chi connectivity index (χ1n) is 4.33. The van der Waals surface area contributed by atoms with Crippen molar-refractivity contribution in [2.45, 2.75) is 6.61 Å². The number of amides is 1. The summed E-state index contributed by atoms with van der Waals surface area (Å²) < 4.78 is 4.74. The van der Waals surface area contributed by atoms with Gasteiger partial charge in [-0.3, -0.25) is 0 Å².